The summed E-state index contributed by atoms with van der Waals surface area (Å²) in [7, 11) is 0. The molecule has 2 heterocycles. The molecule has 0 saturated carbocycles. The van der Waals surface area contributed by atoms with Gasteiger partial charge in [-0.15, -0.1) is 12.4 Å². The number of alkyl halides is 2. The number of hydrogen-bond acceptors (Lipinski definition) is 2. The second kappa shape index (κ2) is 5.06. The van der Waals surface area contributed by atoms with Crippen LogP contribution in [-0.2, 0) is 17.9 Å². The molecule has 1 fully saturated rings. The Morgan fingerprint density at radius 2 is 1.84 bits per heavy atom. The zero-order valence-electron chi connectivity index (χ0n) is 10.2. The number of nitrogens with one attached hydrogen (secondary N) is 1. The third-order valence-corrected chi connectivity index (χ3v) is 3.56. The highest BCUT2D eigenvalue weighted by atomic mass is 35.5. The normalized spacial score (nSPS) is 23.9. The zero-order chi connectivity index (χ0) is 12.8. The van der Waals surface area contributed by atoms with Crippen LogP contribution in [0.2, 0.25) is 0 Å². The van der Waals surface area contributed by atoms with Crippen molar-refractivity contribution in [3.8, 4) is 0 Å². The van der Waals surface area contributed by atoms with Crippen molar-refractivity contribution in [3.05, 3.63) is 35.4 Å². The first-order valence-corrected chi connectivity index (χ1v) is 6.02. The van der Waals surface area contributed by atoms with Crippen LogP contribution < -0.4 is 5.32 Å². The van der Waals surface area contributed by atoms with Crippen molar-refractivity contribution in [1.29, 1.82) is 0 Å². The van der Waals surface area contributed by atoms with Crippen LogP contribution in [0.1, 0.15) is 17.5 Å². The number of carbonyl (C=O) groups is 1. The molecule has 0 radical (unpaired) electrons. The van der Waals surface area contributed by atoms with Crippen LogP contribution >= 0.6 is 12.4 Å². The number of rotatable bonds is 1. The molecule has 1 atom stereocenters. The van der Waals surface area contributed by atoms with Crippen LogP contribution in [0.15, 0.2) is 24.3 Å². The van der Waals surface area contributed by atoms with Crippen LogP contribution in [0.4, 0.5) is 8.78 Å². The van der Waals surface area contributed by atoms with Crippen LogP contribution in [-0.4, -0.2) is 29.3 Å². The molecule has 0 aliphatic carbocycles. The van der Waals surface area contributed by atoms with Gasteiger partial charge in [0, 0.05) is 19.5 Å². The van der Waals surface area contributed by atoms with E-state index in [1.54, 1.807) is 4.90 Å². The molecule has 19 heavy (non-hydrogen) atoms. The number of amides is 1. The van der Waals surface area contributed by atoms with E-state index < -0.39 is 24.9 Å². The summed E-state index contributed by atoms with van der Waals surface area (Å²) >= 11 is 0. The molecular weight excluding hydrogens is 274 g/mol. The Morgan fingerprint density at radius 3 is 2.32 bits per heavy atom. The molecule has 3 rings (SSSR count). The fraction of sp³-hybridized carbons (Fsp3) is 0.462. The summed E-state index contributed by atoms with van der Waals surface area (Å²) in [4.78, 5) is 13.8. The minimum atomic E-state index is -2.76. The van der Waals surface area contributed by atoms with Crippen molar-refractivity contribution in [2.75, 3.05) is 6.54 Å². The standard InChI is InChI=1S/C13H14F2N2O.ClH/c14-13(15)5-11(16-8-13)12(18)17-6-9-3-1-2-4-10(9)7-17;/h1-4,11,16H,5-8H2;1H. The molecule has 1 aromatic rings. The van der Waals surface area contributed by atoms with E-state index in [0.717, 1.165) is 11.1 Å². The zero-order valence-corrected chi connectivity index (χ0v) is 11.1. The molecule has 1 unspecified atom stereocenters. The lowest BCUT2D eigenvalue weighted by atomic mass is 10.1. The van der Waals surface area contributed by atoms with E-state index in [2.05, 4.69) is 5.32 Å². The highest BCUT2D eigenvalue weighted by Crippen LogP contribution is 2.29. The van der Waals surface area contributed by atoms with Crippen molar-refractivity contribution < 1.29 is 13.6 Å². The molecule has 0 spiro atoms. The summed E-state index contributed by atoms with van der Waals surface area (Å²) in [6, 6.07) is 7.05. The van der Waals surface area contributed by atoms with Crippen molar-refractivity contribution >= 4 is 18.3 Å². The van der Waals surface area contributed by atoms with Crippen LogP contribution in [0.5, 0.6) is 0 Å². The van der Waals surface area contributed by atoms with Crippen molar-refractivity contribution in [1.82, 2.24) is 10.2 Å². The van der Waals surface area contributed by atoms with Gasteiger partial charge in [-0.25, -0.2) is 8.78 Å². The Labute approximate surface area is 116 Å². The largest absolute Gasteiger partial charge is 0.333 e. The number of hydrogen-bond donors (Lipinski definition) is 1. The van der Waals surface area contributed by atoms with Gasteiger partial charge in [-0.3, -0.25) is 10.1 Å². The van der Waals surface area contributed by atoms with E-state index in [1.807, 2.05) is 24.3 Å². The Bertz CT molecular complexity index is 470. The fourth-order valence-corrected chi connectivity index (χ4v) is 2.60. The monoisotopic (exact) mass is 288 g/mol. The molecule has 1 N–H and O–H groups in total. The number of fused-ring (bicyclic) bond motifs is 1. The van der Waals surface area contributed by atoms with Crippen molar-refractivity contribution in [2.24, 2.45) is 0 Å². The molecule has 2 aliphatic rings. The molecule has 104 valence electrons. The van der Waals surface area contributed by atoms with Gasteiger partial charge in [-0.1, -0.05) is 24.3 Å². The molecule has 1 aromatic carbocycles. The number of benzene rings is 1. The van der Waals surface area contributed by atoms with Gasteiger partial charge in [0.05, 0.1) is 12.6 Å². The number of halogens is 3. The second-order valence-electron chi connectivity index (χ2n) is 4.96. The van der Waals surface area contributed by atoms with E-state index >= 15 is 0 Å². The summed E-state index contributed by atoms with van der Waals surface area (Å²) in [6.07, 6.45) is -0.390. The quantitative estimate of drug-likeness (QED) is 0.857. The van der Waals surface area contributed by atoms with E-state index in [4.69, 9.17) is 0 Å². The summed E-state index contributed by atoms with van der Waals surface area (Å²) in [5, 5.41) is 2.61. The maximum atomic E-state index is 13.1. The highest BCUT2D eigenvalue weighted by Gasteiger charge is 2.44. The van der Waals surface area contributed by atoms with E-state index in [9.17, 15) is 13.6 Å². The second-order valence-corrected chi connectivity index (χ2v) is 4.96. The van der Waals surface area contributed by atoms with Gasteiger partial charge >= 0.3 is 0 Å². The topological polar surface area (TPSA) is 32.3 Å². The third kappa shape index (κ3) is 2.72. The highest BCUT2D eigenvalue weighted by molar-refractivity contribution is 5.85. The number of carbonyl (C=O) groups excluding carboxylic acids is 1. The predicted molar refractivity (Wildman–Crippen MR) is 69.3 cm³/mol. The first-order valence-electron chi connectivity index (χ1n) is 6.02. The van der Waals surface area contributed by atoms with E-state index in [1.165, 1.54) is 0 Å². The lowest BCUT2D eigenvalue weighted by molar-refractivity contribution is -0.134. The van der Waals surface area contributed by atoms with Crippen LogP contribution in [0.3, 0.4) is 0 Å². The molecule has 2 aliphatic heterocycles. The SMILES string of the molecule is Cl.O=C(C1CC(F)(F)CN1)N1Cc2ccccc2C1. The van der Waals surface area contributed by atoms with Gasteiger partial charge in [-0.05, 0) is 11.1 Å². The summed E-state index contributed by atoms with van der Waals surface area (Å²) in [5.74, 6) is -2.98. The molecule has 1 saturated heterocycles. The maximum Gasteiger partial charge on any atom is 0.262 e. The van der Waals surface area contributed by atoms with E-state index in [0.29, 0.717) is 13.1 Å². The van der Waals surface area contributed by atoms with Crippen molar-refractivity contribution in [3.63, 3.8) is 0 Å². The lowest BCUT2D eigenvalue weighted by Gasteiger charge is -2.19. The minimum absolute atomic E-state index is 0. The minimum Gasteiger partial charge on any atom is -0.333 e. The average molecular weight is 289 g/mol. The molecule has 1 amide bonds. The summed E-state index contributed by atoms with van der Waals surface area (Å²) in [6.45, 7) is 0.654. The molecule has 0 aromatic heterocycles. The molecule has 0 bridgehead atoms. The van der Waals surface area contributed by atoms with Gasteiger partial charge in [0.2, 0.25) is 5.91 Å². The van der Waals surface area contributed by atoms with E-state index in [-0.39, 0.29) is 18.3 Å². The van der Waals surface area contributed by atoms with Gasteiger partial charge in [0.1, 0.15) is 0 Å². The lowest BCUT2D eigenvalue weighted by Crippen LogP contribution is -2.40. The Kier molecular flexibility index (Phi) is 3.78. The number of nitrogens with zero attached hydrogens (tertiary/aromatic N) is 1. The average Bonchev–Trinajstić information content (AvgIpc) is 2.91. The smallest absolute Gasteiger partial charge is 0.262 e. The third-order valence-electron chi connectivity index (χ3n) is 3.56. The van der Waals surface area contributed by atoms with Gasteiger partial charge in [0.15, 0.2) is 0 Å². The van der Waals surface area contributed by atoms with Crippen LogP contribution in [0, 0.1) is 0 Å². The summed E-state index contributed by atoms with van der Waals surface area (Å²) in [5.41, 5.74) is 2.21. The molecular formula is C13H15ClF2N2O. The van der Waals surface area contributed by atoms with Gasteiger partial charge in [-0.2, -0.15) is 0 Å². The van der Waals surface area contributed by atoms with Gasteiger partial charge < -0.3 is 4.90 Å². The summed E-state index contributed by atoms with van der Waals surface area (Å²) < 4.78 is 26.1. The Hall–Kier alpha value is -1.20. The molecule has 6 heteroatoms. The fourth-order valence-electron chi connectivity index (χ4n) is 2.60. The van der Waals surface area contributed by atoms with Crippen molar-refractivity contribution in [2.45, 2.75) is 31.5 Å². The van der Waals surface area contributed by atoms with Crippen LogP contribution in [0.25, 0.3) is 0 Å². The Balaban J connectivity index is 0.00000133. The first kappa shape index (κ1) is 14.2. The molecule has 3 nitrogen and oxygen atoms in total. The first-order chi connectivity index (χ1) is 8.55. The maximum absolute atomic E-state index is 13.1. The predicted octanol–water partition coefficient (Wildman–Crippen LogP) is 1.95. The Morgan fingerprint density at radius 1 is 1.26 bits per heavy atom. The van der Waals surface area contributed by atoms with Gasteiger partial charge in [0.25, 0.3) is 5.92 Å².